The van der Waals surface area contributed by atoms with Gasteiger partial charge in [0.2, 0.25) is 16.0 Å². The van der Waals surface area contributed by atoms with Crippen LogP contribution in [0.3, 0.4) is 0 Å². The van der Waals surface area contributed by atoms with Crippen LogP contribution in [-0.4, -0.2) is 41.9 Å². The molecule has 1 aliphatic heterocycles. The van der Waals surface area contributed by atoms with Gasteiger partial charge < -0.3 is 10.2 Å². The van der Waals surface area contributed by atoms with E-state index in [1.807, 2.05) is 0 Å². The van der Waals surface area contributed by atoms with Gasteiger partial charge in [0.1, 0.15) is 5.56 Å². The lowest BCUT2D eigenvalue weighted by Crippen LogP contribution is -2.43. The number of nitrogens with one attached hydrogen (secondary N) is 1. The molecular formula is C20H14ClF6N5O3S2. The van der Waals surface area contributed by atoms with Gasteiger partial charge in [-0.2, -0.15) is 26.3 Å². The van der Waals surface area contributed by atoms with Gasteiger partial charge in [-0.15, -0.1) is 11.3 Å². The fraction of sp³-hybridized carbons (Fsp3) is 0.250. The second-order valence-corrected chi connectivity index (χ2v) is 10.7. The van der Waals surface area contributed by atoms with Gasteiger partial charge in [-0.05, 0) is 35.7 Å². The maximum atomic E-state index is 13.6. The van der Waals surface area contributed by atoms with E-state index in [2.05, 4.69) is 15.3 Å². The summed E-state index contributed by atoms with van der Waals surface area (Å²) in [7, 11) is -4.16. The third kappa shape index (κ3) is 5.81. The number of nitrogens with two attached hydrogens (primary N) is 1. The smallest absolute Gasteiger partial charge is 0.330 e. The molecule has 17 heteroatoms. The van der Waals surface area contributed by atoms with Gasteiger partial charge in [0.15, 0.2) is 0 Å². The summed E-state index contributed by atoms with van der Waals surface area (Å²) in [4.78, 5) is 19.3. The van der Waals surface area contributed by atoms with Gasteiger partial charge in [-0.1, -0.05) is 11.6 Å². The number of anilines is 2. The highest BCUT2D eigenvalue weighted by atomic mass is 35.5. The predicted octanol–water partition coefficient (Wildman–Crippen LogP) is 4.72. The van der Waals surface area contributed by atoms with Crippen LogP contribution in [0.15, 0.2) is 34.7 Å². The monoisotopic (exact) mass is 585 g/mol. The number of hydrogen-bond donors (Lipinski definition) is 2. The average Bonchev–Trinajstić information content (AvgIpc) is 3.28. The summed E-state index contributed by atoms with van der Waals surface area (Å²) in [6.45, 7) is -0.516. The number of carbonyl (C=O) groups is 1. The lowest BCUT2D eigenvalue weighted by molar-refractivity contribution is -0.186. The molecule has 0 saturated carbocycles. The lowest BCUT2D eigenvalue weighted by atomic mass is 9.99. The molecule has 4 rings (SSSR count). The van der Waals surface area contributed by atoms with Crippen molar-refractivity contribution in [3.05, 3.63) is 51.5 Å². The molecule has 0 atom stereocenters. The van der Waals surface area contributed by atoms with Crippen molar-refractivity contribution in [2.24, 2.45) is 5.14 Å². The van der Waals surface area contributed by atoms with E-state index in [0.29, 0.717) is 33.6 Å². The summed E-state index contributed by atoms with van der Waals surface area (Å²) in [6.07, 6.45) is -9.28. The third-order valence-corrected chi connectivity index (χ3v) is 7.60. The van der Waals surface area contributed by atoms with Gasteiger partial charge in [0.05, 0.1) is 26.2 Å². The Labute approximate surface area is 214 Å². The zero-order valence-corrected chi connectivity index (χ0v) is 20.5. The molecule has 0 fully saturated rings. The first-order chi connectivity index (χ1) is 17.0. The molecule has 0 unspecified atom stereocenters. The van der Waals surface area contributed by atoms with Crippen molar-refractivity contribution in [1.82, 2.24) is 14.9 Å². The van der Waals surface area contributed by atoms with E-state index in [-0.39, 0.29) is 45.9 Å². The van der Waals surface area contributed by atoms with Crippen molar-refractivity contribution >= 4 is 50.5 Å². The molecule has 198 valence electrons. The Hall–Kier alpha value is -2.95. The summed E-state index contributed by atoms with van der Waals surface area (Å²) in [5.41, 5.74) is -0.700. The van der Waals surface area contributed by atoms with Crippen LogP contribution in [0.25, 0.3) is 10.6 Å². The normalized spacial score (nSPS) is 14.4. The summed E-state index contributed by atoms with van der Waals surface area (Å²) >= 11 is 6.93. The predicted molar refractivity (Wildman–Crippen MR) is 122 cm³/mol. The zero-order valence-electron chi connectivity index (χ0n) is 18.1. The van der Waals surface area contributed by atoms with Gasteiger partial charge in [-0.3, -0.25) is 4.79 Å². The molecule has 3 N–H and O–H groups in total. The average molecular weight is 586 g/mol. The molecule has 37 heavy (non-hydrogen) atoms. The Morgan fingerprint density at radius 3 is 2.43 bits per heavy atom. The Bertz CT molecular complexity index is 1490. The third-order valence-electron chi connectivity index (χ3n) is 5.31. The topological polar surface area (TPSA) is 118 Å². The van der Waals surface area contributed by atoms with E-state index < -0.39 is 39.5 Å². The Morgan fingerprint density at radius 1 is 1.14 bits per heavy atom. The molecule has 1 aliphatic rings. The number of thiophene rings is 1. The van der Waals surface area contributed by atoms with Crippen molar-refractivity contribution < 1.29 is 39.6 Å². The van der Waals surface area contributed by atoms with Crippen LogP contribution in [0.5, 0.6) is 0 Å². The molecule has 0 saturated heterocycles. The molecule has 1 amide bonds. The highest BCUT2D eigenvalue weighted by Gasteiger charge is 2.43. The van der Waals surface area contributed by atoms with Crippen LogP contribution >= 0.6 is 22.9 Å². The molecule has 0 spiro atoms. The molecule has 3 heterocycles. The zero-order chi connectivity index (χ0) is 27.3. The molecule has 0 aliphatic carbocycles. The summed E-state index contributed by atoms with van der Waals surface area (Å²) in [5.74, 6) is -2.28. The number of sulfonamides is 1. The second-order valence-electron chi connectivity index (χ2n) is 7.85. The molecule has 8 nitrogen and oxygen atoms in total. The van der Waals surface area contributed by atoms with E-state index in [0.717, 1.165) is 11.4 Å². The molecule has 0 radical (unpaired) electrons. The fourth-order valence-electron chi connectivity index (χ4n) is 3.58. The number of hydrogen-bond acceptors (Lipinski definition) is 7. The van der Waals surface area contributed by atoms with Crippen LogP contribution in [0.1, 0.15) is 16.7 Å². The van der Waals surface area contributed by atoms with Crippen molar-refractivity contribution in [2.75, 3.05) is 11.9 Å². The first kappa shape index (κ1) is 27.1. The lowest BCUT2D eigenvalue weighted by Gasteiger charge is -2.30. The number of halogens is 7. The number of carbonyl (C=O) groups excluding carboxylic acids is 1. The Balaban J connectivity index is 1.66. The van der Waals surface area contributed by atoms with E-state index in [4.69, 9.17) is 16.7 Å². The van der Waals surface area contributed by atoms with Crippen molar-refractivity contribution in [3.63, 3.8) is 0 Å². The van der Waals surface area contributed by atoms with E-state index in [1.54, 1.807) is 0 Å². The van der Waals surface area contributed by atoms with E-state index in [9.17, 15) is 39.6 Å². The number of fused-ring (bicyclic) bond motifs is 1. The second kappa shape index (κ2) is 9.41. The van der Waals surface area contributed by atoms with Gasteiger partial charge in [0.25, 0.3) is 0 Å². The first-order valence-corrected chi connectivity index (χ1v) is 12.8. The first-order valence-electron chi connectivity index (χ1n) is 10.0. The minimum absolute atomic E-state index is 0.00209. The maximum Gasteiger partial charge on any atom is 0.471 e. The highest BCUT2D eigenvalue weighted by molar-refractivity contribution is 7.89. The molecule has 3 aromatic rings. The number of benzene rings is 1. The van der Waals surface area contributed by atoms with Gasteiger partial charge in [0, 0.05) is 24.7 Å². The van der Waals surface area contributed by atoms with E-state index >= 15 is 0 Å². The maximum absolute atomic E-state index is 13.6. The molecule has 1 aromatic carbocycles. The number of amides is 1. The fourth-order valence-corrected chi connectivity index (χ4v) is 5.62. The van der Waals surface area contributed by atoms with Gasteiger partial charge >= 0.3 is 18.3 Å². The van der Waals surface area contributed by atoms with Crippen molar-refractivity contribution in [3.8, 4) is 10.6 Å². The number of alkyl halides is 6. The van der Waals surface area contributed by atoms with Gasteiger partial charge in [-0.25, -0.2) is 23.5 Å². The minimum atomic E-state index is -5.02. The van der Waals surface area contributed by atoms with Crippen LogP contribution in [0.2, 0.25) is 5.02 Å². The largest absolute Gasteiger partial charge is 0.471 e. The molecular weight excluding hydrogens is 572 g/mol. The molecule has 0 bridgehead atoms. The van der Waals surface area contributed by atoms with Crippen molar-refractivity contribution in [1.29, 1.82) is 0 Å². The van der Waals surface area contributed by atoms with Crippen LogP contribution in [-0.2, 0) is 34.0 Å². The minimum Gasteiger partial charge on any atom is -0.330 e. The number of nitrogens with zero attached hydrogens (tertiary/aromatic N) is 3. The summed E-state index contributed by atoms with van der Waals surface area (Å²) < 4.78 is 102. The Kier molecular flexibility index (Phi) is 6.89. The van der Waals surface area contributed by atoms with Crippen LogP contribution in [0, 0.1) is 0 Å². The number of rotatable bonds is 4. The highest BCUT2D eigenvalue weighted by Crippen LogP contribution is 2.39. The summed E-state index contributed by atoms with van der Waals surface area (Å²) in [5, 5.41) is 8.80. The number of primary sulfonamides is 1. The SMILES string of the molecule is NS(=O)(=O)c1csc(-c2nc(Nc3cc4c(cc3Cl)CN(C(=O)C(F)(F)F)CC4)ncc2C(F)(F)F)c1. The standard InChI is InChI=1S/C20H14ClF6N5O3S2/c21-13-3-10-7-32(17(33)20(25,26)27)2-1-9(10)4-14(13)30-18-29-6-12(19(22,23)24)16(31-18)15-5-11(8-36-15)37(28,34)35/h3-6,8H,1-2,7H2,(H2,28,34,35)(H,29,30,31). The Morgan fingerprint density at radius 2 is 1.84 bits per heavy atom. The number of aromatic nitrogens is 2. The molecule has 2 aromatic heterocycles. The quantitative estimate of drug-likeness (QED) is 0.428. The van der Waals surface area contributed by atoms with Crippen LogP contribution < -0.4 is 10.5 Å². The van der Waals surface area contributed by atoms with E-state index in [1.165, 1.54) is 12.1 Å². The summed E-state index contributed by atoms with van der Waals surface area (Å²) in [6, 6.07) is 3.79. The van der Waals surface area contributed by atoms with Crippen LogP contribution in [0.4, 0.5) is 38.0 Å². The van der Waals surface area contributed by atoms with Crippen molar-refractivity contribution in [2.45, 2.75) is 30.2 Å².